The molecule has 0 aromatic rings. The van der Waals surface area contributed by atoms with Crippen molar-refractivity contribution in [2.75, 3.05) is 32.4 Å². The van der Waals surface area contributed by atoms with Crippen molar-refractivity contribution < 1.29 is 8.42 Å². The van der Waals surface area contributed by atoms with Crippen LogP contribution in [0.25, 0.3) is 0 Å². The van der Waals surface area contributed by atoms with Crippen molar-refractivity contribution in [3.05, 3.63) is 0 Å². The van der Waals surface area contributed by atoms with E-state index in [1.54, 1.807) is 14.0 Å². The molecule has 0 spiro atoms. The second-order valence-electron chi connectivity index (χ2n) is 5.82. The number of hydrogen-bond donors (Lipinski definition) is 3. The van der Waals surface area contributed by atoms with Gasteiger partial charge in [-0.05, 0) is 19.3 Å². The second kappa shape index (κ2) is 15.4. The molecule has 0 aromatic heterocycles. The lowest BCUT2D eigenvalue weighted by atomic mass is 10.0. The van der Waals surface area contributed by atoms with Crippen LogP contribution in [-0.2, 0) is 10.0 Å². The predicted octanol–water partition coefficient (Wildman–Crippen LogP) is 2.32. The largest absolute Gasteiger partial charge is 0.356 e. The molecule has 6 nitrogen and oxygen atoms in total. The number of sulfonamides is 1. The number of guanidine groups is 1. The monoisotopic (exact) mass is 462 g/mol. The average Bonchev–Trinajstić information content (AvgIpc) is 2.48. The highest BCUT2D eigenvalue weighted by molar-refractivity contribution is 14.0. The van der Waals surface area contributed by atoms with Gasteiger partial charge in [-0.3, -0.25) is 4.99 Å². The van der Waals surface area contributed by atoms with Crippen molar-refractivity contribution >= 4 is 40.0 Å². The lowest BCUT2D eigenvalue weighted by Gasteiger charge is -2.12. The molecular formula is C15H35IN4O2S. The van der Waals surface area contributed by atoms with E-state index < -0.39 is 10.0 Å². The number of aliphatic imine (C=N–C) groups is 1. The van der Waals surface area contributed by atoms with Crippen LogP contribution in [0.3, 0.4) is 0 Å². The van der Waals surface area contributed by atoms with Crippen LogP contribution in [0.5, 0.6) is 0 Å². The first kappa shape index (κ1) is 25.2. The Balaban J connectivity index is 0. The van der Waals surface area contributed by atoms with Crippen molar-refractivity contribution in [1.82, 2.24) is 15.4 Å². The van der Waals surface area contributed by atoms with Gasteiger partial charge in [0.05, 0.1) is 5.75 Å². The average molecular weight is 462 g/mol. The summed E-state index contributed by atoms with van der Waals surface area (Å²) < 4.78 is 25.1. The first-order valence-electron chi connectivity index (χ1n) is 8.33. The lowest BCUT2D eigenvalue weighted by molar-refractivity contribution is 0.518. The van der Waals surface area contributed by atoms with Gasteiger partial charge < -0.3 is 10.6 Å². The molecule has 0 atom stereocenters. The van der Waals surface area contributed by atoms with E-state index in [-0.39, 0.29) is 29.7 Å². The smallest absolute Gasteiger partial charge is 0.211 e. The molecule has 0 heterocycles. The van der Waals surface area contributed by atoms with Gasteiger partial charge in [0.1, 0.15) is 0 Å². The molecule has 0 unspecified atom stereocenters. The number of nitrogens with one attached hydrogen (secondary N) is 3. The minimum Gasteiger partial charge on any atom is -0.356 e. The molecule has 0 aliphatic carbocycles. The van der Waals surface area contributed by atoms with E-state index in [4.69, 9.17) is 0 Å². The summed E-state index contributed by atoms with van der Waals surface area (Å²) in [6.45, 7) is 7.93. The van der Waals surface area contributed by atoms with E-state index in [9.17, 15) is 8.42 Å². The fourth-order valence-corrected chi connectivity index (χ4v) is 2.57. The summed E-state index contributed by atoms with van der Waals surface area (Å²) in [5, 5.41) is 6.34. The van der Waals surface area contributed by atoms with E-state index in [1.807, 2.05) is 0 Å². The van der Waals surface area contributed by atoms with Gasteiger partial charge in [0.2, 0.25) is 10.0 Å². The van der Waals surface area contributed by atoms with Gasteiger partial charge in [-0.25, -0.2) is 13.1 Å². The molecule has 0 aliphatic heterocycles. The molecule has 0 aromatic carbocycles. The Hall–Kier alpha value is -0.0900. The molecule has 0 amide bonds. The zero-order valence-corrected chi connectivity index (χ0v) is 18.2. The highest BCUT2D eigenvalue weighted by Crippen LogP contribution is 2.08. The Morgan fingerprint density at radius 1 is 1.00 bits per heavy atom. The normalized spacial score (nSPS) is 12.1. The first-order chi connectivity index (χ1) is 10.4. The van der Waals surface area contributed by atoms with Gasteiger partial charge in [-0.2, -0.15) is 0 Å². The fourth-order valence-electron chi connectivity index (χ4n) is 1.95. The van der Waals surface area contributed by atoms with Gasteiger partial charge in [-0.15, -0.1) is 24.0 Å². The van der Waals surface area contributed by atoms with Crippen LogP contribution in [0.1, 0.15) is 52.9 Å². The summed E-state index contributed by atoms with van der Waals surface area (Å²) in [7, 11) is -1.39. The number of nitrogens with zero attached hydrogens (tertiary/aromatic N) is 1. The zero-order valence-electron chi connectivity index (χ0n) is 15.0. The molecule has 8 heteroatoms. The Kier molecular flexibility index (Phi) is 16.9. The Labute approximate surface area is 159 Å². The van der Waals surface area contributed by atoms with Crippen molar-refractivity contribution in [2.45, 2.75) is 52.9 Å². The molecule has 0 saturated heterocycles. The summed E-state index contributed by atoms with van der Waals surface area (Å²) in [6, 6.07) is 0. The third-order valence-corrected chi connectivity index (χ3v) is 4.75. The lowest BCUT2D eigenvalue weighted by Crippen LogP contribution is -2.42. The van der Waals surface area contributed by atoms with Gasteiger partial charge >= 0.3 is 0 Å². The minimum atomic E-state index is -3.11. The second-order valence-corrected chi connectivity index (χ2v) is 7.92. The van der Waals surface area contributed by atoms with Crippen LogP contribution in [0.4, 0.5) is 0 Å². The van der Waals surface area contributed by atoms with Gasteiger partial charge in [0.15, 0.2) is 5.96 Å². The predicted molar refractivity (Wildman–Crippen MR) is 110 cm³/mol. The molecule has 140 valence electrons. The van der Waals surface area contributed by atoms with Gasteiger partial charge in [-0.1, -0.05) is 39.5 Å². The van der Waals surface area contributed by atoms with E-state index in [1.165, 1.54) is 25.7 Å². The number of hydrogen-bond acceptors (Lipinski definition) is 3. The van der Waals surface area contributed by atoms with E-state index in [0.717, 1.165) is 24.8 Å². The summed E-state index contributed by atoms with van der Waals surface area (Å²) in [4.78, 5) is 4.12. The van der Waals surface area contributed by atoms with Crippen molar-refractivity contribution in [3.8, 4) is 0 Å². The van der Waals surface area contributed by atoms with E-state index >= 15 is 0 Å². The SMILES string of the molecule is CCS(=O)(=O)NCCNC(=NC)NCCCCCCC(C)C.I. The molecule has 0 fully saturated rings. The van der Waals surface area contributed by atoms with E-state index in [0.29, 0.717) is 13.1 Å². The highest BCUT2D eigenvalue weighted by atomic mass is 127. The number of unbranched alkanes of at least 4 members (excludes halogenated alkanes) is 3. The topological polar surface area (TPSA) is 82.6 Å². The Bertz CT molecular complexity index is 400. The minimum absolute atomic E-state index is 0. The molecular weight excluding hydrogens is 427 g/mol. The Morgan fingerprint density at radius 3 is 2.17 bits per heavy atom. The first-order valence-corrected chi connectivity index (χ1v) is 9.98. The quantitative estimate of drug-likeness (QED) is 0.180. The third-order valence-electron chi connectivity index (χ3n) is 3.34. The molecule has 0 radical (unpaired) electrons. The van der Waals surface area contributed by atoms with Crippen LogP contribution < -0.4 is 15.4 Å². The fraction of sp³-hybridized carbons (Fsp3) is 0.933. The summed E-state index contributed by atoms with van der Waals surface area (Å²) in [6.07, 6.45) is 6.26. The maximum atomic E-state index is 11.3. The van der Waals surface area contributed by atoms with Crippen LogP contribution in [0.15, 0.2) is 4.99 Å². The maximum Gasteiger partial charge on any atom is 0.211 e. The molecule has 0 aliphatic rings. The molecule has 0 rings (SSSR count). The van der Waals surface area contributed by atoms with Crippen molar-refractivity contribution in [3.63, 3.8) is 0 Å². The highest BCUT2D eigenvalue weighted by Gasteiger charge is 2.04. The zero-order chi connectivity index (χ0) is 16.8. The molecule has 23 heavy (non-hydrogen) atoms. The van der Waals surface area contributed by atoms with Gasteiger partial charge in [0, 0.05) is 26.7 Å². The summed E-state index contributed by atoms with van der Waals surface area (Å²) in [5.74, 6) is 1.63. The molecule has 3 N–H and O–H groups in total. The van der Waals surface area contributed by atoms with Crippen molar-refractivity contribution in [2.24, 2.45) is 10.9 Å². The van der Waals surface area contributed by atoms with Gasteiger partial charge in [0.25, 0.3) is 0 Å². The van der Waals surface area contributed by atoms with Crippen LogP contribution in [-0.4, -0.2) is 46.8 Å². The summed E-state index contributed by atoms with van der Waals surface area (Å²) in [5.41, 5.74) is 0. The number of halogens is 1. The Morgan fingerprint density at radius 2 is 1.61 bits per heavy atom. The van der Waals surface area contributed by atoms with Crippen LogP contribution >= 0.6 is 24.0 Å². The summed E-state index contributed by atoms with van der Waals surface area (Å²) >= 11 is 0. The van der Waals surface area contributed by atoms with Crippen molar-refractivity contribution in [1.29, 1.82) is 0 Å². The molecule has 0 saturated carbocycles. The molecule has 0 bridgehead atoms. The standard InChI is InChI=1S/C15H34N4O2S.HI/c1-5-22(20,21)19-13-12-18-15(16-4)17-11-9-7-6-8-10-14(2)3;/h14,19H,5-13H2,1-4H3,(H2,16,17,18);1H. The van der Waals surface area contributed by atoms with E-state index in [2.05, 4.69) is 34.2 Å². The van der Waals surface area contributed by atoms with Crippen LogP contribution in [0, 0.1) is 5.92 Å². The number of rotatable bonds is 12. The third kappa shape index (κ3) is 16.5. The maximum absolute atomic E-state index is 11.3. The van der Waals surface area contributed by atoms with Crippen LogP contribution in [0.2, 0.25) is 0 Å².